The highest BCUT2D eigenvalue weighted by Crippen LogP contribution is 2.40. The van der Waals surface area contributed by atoms with E-state index in [0.717, 1.165) is 12.5 Å². The highest BCUT2D eigenvalue weighted by atomic mass is 19.4. The van der Waals surface area contributed by atoms with Crippen molar-refractivity contribution in [2.45, 2.75) is 51.9 Å². The molecule has 29 heavy (non-hydrogen) atoms. The Morgan fingerprint density at radius 1 is 1.21 bits per heavy atom. The molecule has 1 unspecified atom stereocenters. The molecular weight excluding hydrogens is 379 g/mol. The maximum atomic E-state index is 13.7. The number of fused-ring (bicyclic) bond motifs is 1. The van der Waals surface area contributed by atoms with Crippen LogP contribution in [0.5, 0.6) is 5.75 Å². The van der Waals surface area contributed by atoms with Crippen LogP contribution in [0.1, 0.15) is 39.7 Å². The maximum absolute atomic E-state index is 13.7. The zero-order valence-corrected chi connectivity index (χ0v) is 17.0. The Hall–Kier alpha value is -2.54. The Kier molecular flexibility index (Phi) is 5.89. The van der Waals surface area contributed by atoms with E-state index in [1.807, 2.05) is 27.7 Å². The molecule has 3 aromatic rings. The molecule has 7 heteroatoms. The molecule has 2 aromatic heterocycles. The fraction of sp³-hybridized carbons (Fsp3) is 0.409. The van der Waals surface area contributed by atoms with E-state index in [4.69, 9.17) is 4.74 Å². The molecule has 3 heterocycles. The first-order valence-electron chi connectivity index (χ1n) is 9.79. The molecule has 4 rings (SSSR count). The summed E-state index contributed by atoms with van der Waals surface area (Å²) in [7, 11) is 0. The van der Waals surface area contributed by atoms with Gasteiger partial charge < -0.3 is 15.0 Å². The number of pyridine rings is 1. The Bertz CT molecular complexity index is 975. The van der Waals surface area contributed by atoms with E-state index in [1.54, 1.807) is 30.6 Å². The van der Waals surface area contributed by atoms with E-state index < -0.39 is 11.7 Å². The number of rotatable bonds is 4. The molecule has 4 nitrogen and oxygen atoms in total. The lowest BCUT2D eigenvalue weighted by Gasteiger charge is -2.45. The number of alkyl halides is 3. The van der Waals surface area contributed by atoms with Gasteiger partial charge in [0.1, 0.15) is 12.4 Å². The molecule has 156 valence electrons. The monoisotopic (exact) mass is 405 g/mol. The van der Waals surface area contributed by atoms with E-state index in [2.05, 4.69) is 15.3 Å². The smallest absolute Gasteiger partial charge is 0.419 e. The van der Waals surface area contributed by atoms with Crippen LogP contribution >= 0.6 is 0 Å². The molecule has 0 aliphatic carbocycles. The summed E-state index contributed by atoms with van der Waals surface area (Å²) in [5.74, 6) is -0.148. The number of hydrogen-bond acceptors (Lipinski definition) is 3. The fourth-order valence-corrected chi connectivity index (χ4v) is 3.83. The second-order valence-corrected chi connectivity index (χ2v) is 7.40. The lowest BCUT2D eigenvalue weighted by Crippen LogP contribution is -2.63. The van der Waals surface area contributed by atoms with Gasteiger partial charge in [0, 0.05) is 24.0 Å². The van der Waals surface area contributed by atoms with Crippen LogP contribution in [0.3, 0.4) is 0 Å². The molecule has 0 saturated carbocycles. The largest absolute Gasteiger partial charge is 0.491 e. The Balaban J connectivity index is 0.00000117. The van der Waals surface area contributed by atoms with E-state index in [-0.39, 0.29) is 17.9 Å². The predicted octanol–water partition coefficient (Wildman–Crippen LogP) is 5.79. The van der Waals surface area contributed by atoms with Crippen molar-refractivity contribution < 1.29 is 17.9 Å². The van der Waals surface area contributed by atoms with Crippen LogP contribution in [0.4, 0.5) is 13.2 Å². The normalized spacial score (nSPS) is 21.3. The van der Waals surface area contributed by atoms with Crippen molar-refractivity contribution in [3.63, 3.8) is 0 Å². The van der Waals surface area contributed by atoms with Gasteiger partial charge in [0.2, 0.25) is 0 Å². The average molecular weight is 405 g/mol. The molecule has 2 N–H and O–H groups in total. The molecule has 0 bridgehead atoms. The zero-order valence-electron chi connectivity index (χ0n) is 17.0. The lowest BCUT2D eigenvalue weighted by atomic mass is 9.85. The summed E-state index contributed by atoms with van der Waals surface area (Å²) < 4.78 is 46.6. The van der Waals surface area contributed by atoms with E-state index in [9.17, 15) is 13.2 Å². The summed E-state index contributed by atoms with van der Waals surface area (Å²) in [5, 5.41) is 3.28. The van der Waals surface area contributed by atoms with E-state index in [0.29, 0.717) is 28.2 Å². The number of aromatic amines is 1. The summed E-state index contributed by atoms with van der Waals surface area (Å²) >= 11 is 0. The molecular formula is C22H26F3N3O. The Morgan fingerprint density at radius 2 is 1.93 bits per heavy atom. The summed E-state index contributed by atoms with van der Waals surface area (Å²) in [5.41, 5.74) is 1.49. The average Bonchev–Trinajstić information content (AvgIpc) is 3.15. The Labute approximate surface area is 168 Å². The van der Waals surface area contributed by atoms with E-state index >= 15 is 0 Å². The third-order valence-corrected chi connectivity index (χ3v) is 4.94. The molecule has 1 aromatic carbocycles. The Morgan fingerprint density at radius 3 is 2.59 bits per heavy atom. The van der Waals surface area contributed by atoms with Crippen LogP contribution in [-0.4, -0.2) is 28.2 Å². The van der Waals surface area contributed by atoms with Crippen molar-refractivity contribution in [3.05, 3.63) is 48.3 Å². The summed E-state index contributed by atoms with van der Waals surface area (Å²) in [4.78, 5) is 7.25. The van der Waals surface area contributed by atoms with Crippen LogP contribution in [-0.2, 0) is 6.18 Å². The van der Waals surface area contributed by atoms with Gasteiger partial charge in [-0.15, -0.1) is 0 Å². The minimum Gasteiger partial charge on any atom is -0.491 e. The molecule has 1 aliphatic heterocycles. The van der Waals surface area contributed by atoms with Gasteiger partial charge in [-0.3, -0.25) is 4.98 Å². The van der Waals surface area contributed by atoms with Gasteiger partial charge in [-0.25, -0.2) is 0 Å². The van der Waals surface area contributed by atoms with Gasteiger partial charge in [-0.05, 0) is 50.1 Å². The number of benzene rings is 1. The number of ether oxygens (including phenoxy) is 1. The van der Waals surface area contributed by atoms with Gasteiger partial charge in [0.15, 0.2) is 0 Å². The van der Waals surface area contributed by atoms with Crippen LogP contribution in [0, 0.1) is 0 Å². The van der Waals surface area contributed by atoms with Crippen molar-refractivity contribution in [1.82, 2.24) is 15.3 Å². The molecule has 1 saturated heterocycles. The zero-order chi connectivity index (χ0) is 21.2. The summed E-state index contributed by atoms with van der Waals surface area (Å²) in [6, 6.07) is 8.05. The topological polar surface area (TPSA) is 49.9 Å². The van der Waals surface area contributed by atoms with Gasteiger partial charge in [0.25, 0.3) is 0 Å². The molecule has 1 aliphatic rings. The van der Waals surface area contributed by atoms with Gasteiger partial charge in [0.05, 0.1) is 22.1 Å². The molecule has 0 spiro atoms. The molecule has 2 atom stereocenters. The number of H-pyrrole nitrogens is 1. The minimum absolute atomic E-state index is 0.148. The first kappa shape index (κ1) is 21.2. The summed E-state index contributed by atoms with van der Waals surface area (Å²) in [6.45, 7) is 8.18. The number of nitrogens with one attached hydrogen (secondary N) is 2. The number of nitrogens with zero attached hydrogens (tertiary/aromatic N) is 1. The van der Waals surface area contributed by atoms with Crippen LogP contribution in [0.2, 0.25) is 0 Å². The predicted molar refractivity (Wildman–Crippen MR) is 109 cm³/mol. The lowest BCUT2D eigenvalue weighted by molar-refractivity contribution is -0.139. The highest BCUT2D eigenvalue weighted by Gasteiger charge is 2.39. The van der Waals surface area contributed by atoms with Crippen molar-refractivity contribution in [2.75, 3.05) is 6.61 Å². The number of halogens is 3. The van der Waals surface area contributed by atoms with Gasteiger partial charge in [-0.2, -0.15) is 13.2 Å². The second-order valence-electron chi connectivity index (χ2n) is 7.40. The van der Waals surface area contributed by atoms with Crippen LogP contribution < -0.4 is 10.1 Å². The third kappa shape index (κ3) is 4.40. The first-order valence-corrected chi connectivity index (χ1v) is 9.79. The standard InChI is InChI=1S/C20H20F3N3O.C2H6/c1-12-10-19(2,26-12)11-27-17-4-3-13(9-15(17)20(21,22)23)14-5-7-24-16-6-8-25-18(14)16;1-2/h3-9,12,25-26H,10-11H2,1-2H3;1-2H3/t12?,19-;/m0./s1. The highest BCUT2D eigenvalue weighted by molar-refractivity contribution is 5.91. The second kappa shape index (κ2) is 8.06. The molecule has 0 radical (unpaired) electrons. The van der Waals surface area contributed by atoms with Crippen molar-refractivity contribution in [3.8, 4) is 16.9 Å². The third-order valence-electron chi connectivity index (χ3n) is 4.94. The SMILES string of the molecule is CC.CC1C[C@@](C)(COc2ccc(-c3ccnc4cc[nH]c34)cc2C(F)(F)F)N1. The quantitative estimate of drug-likeness (QED) is 0.577. The number of aromatic nitrogens is 2. The summed E-state index contributed by atoms with van der Waals surface area (Å²) in [6.07, 6.45) is -0.327. The van der Waals surface area contributed by atoms with Gasteiger partial charge in [-0.1, -0.05) is 19.9 Å². The number of hydrogen-bond donors (Lipinski definition) is 2. The maximum Gasteiger partial charge on any atom is 0.419 e. The van der Waals surface area contributed by atoms with E-state index in [1.165, 1.54) is 6.07 Å². The van der Waals surface area contributed by atoms with Crippen LogP contribution in [0.25, 0.3) is 22.2 Å². The van der Waals surface area contributed by atoms with Crippen molar-refractivity contribution in [2.24, 2.45) is 0 Å². The molecule has 0 amide bonds. The first-order chi connectivity index (χ1) is 13.8. The molecule has 1 fully saturated rings. The van der Waals surface area contributed by atoms with Crippen LogP contribution in [0.15, 0.2) is 42.7 Å². The minimum atomic E-state index is -4.51. The van der Waals surface area contributed by atoms with Crippen molar-refractivity contribution in [1.29, 1.82) is 0 Å². The fourth-order valence-electron chi connectivity index (χ4n) is 3.83. The van der Waals surface area contributed by atoms with Crippen molar-refractivity contribution >= 4 is 11.0 Å². The van der Waals surface area contributed by atoms with Gasteiger partial charge >= 0.3 is 6.18 Å².